The molecule has 0 aromatic rings. The summed E-state index contributed by atoms with van der Waals surface area (Å²) in [5.41, 5.74) is 0.270. The summed E-state index contributed by atoms with van der Waals surface area (Å²) >= 11 is 5.62. The van der Waals surface area contributed by atoms with Gasteiger partial charge in [0, 0.05) is 12.4 Å². The van der Waals surface area contributed by atoms with Gasteiger partial charge in [0.1, 0.15) is 0 Å². The van der Waals surface area contributed by atoms with Gasteiger partial charge in [-0.2, -0.15) is 0 Å². The molecule has 0 aromatic heterocycles. The van der Waals surface area contributed by atoms with Crippen molar-refractivity contribution in [3.63, 3.8) is 0 Å². The maximum atomic E-state index is 11.7. The van der Waals surface area contributed by atoms with E-state index in [0.29, 0.717) is 12.4 Å². The Hall–Kier alpha value is 0.200. The molecule has 5 heteroatoms. The molecule has 1 unspecified atom stereocenters. The van der Waals surface area contributed by atoms with E-state index in [4.69, 9.17) is 11.6 Å². The molecule has 3 nitrogen and oxygen atoms in total. The predicted octanol–water partition coefficient (Wildman–Crippen LogP) is 2.36. The first-order chi connectivity index (χ1) is 7.43. The van der Waals surface area contributed by atoms with Crippen molar-refractivity contribution in [2.45, 2.75) is 39.5 Å². The van der Waals surface area contributed by atoms with Crippen molar-refractivity contribution in [1.29, 1.82) is 0 Å². The zero-order chi connectivity index (χ0) is 12.2. The standard InChI is InChI=1S/C11H22ClNO2S/c1-3-4-11(5-6-11)9-13-16(14,15)8-10(2)7-12/h10,13H,3-9H2,1-2H3. The fourth-order valence-corrected chi connectivity index (χ4v) is 3.71. The number of hydrogen-bond acceptors (Lipinski definition) is 2. The van der Waals surface area contributed by atoms with Gasteiger partial charge in [-0.05, 0) is 30.6 Å². The lowest BCUT2D eigenvalue weighted by molar-refractivity contribution is 0.448. The lowest BCUT2D eigenvalue weighted by atomic mass is 10.0. The molecule has 1 fully saturated rings. The van der Waals surface area contributed by atoms with Crippen LogP contribution < -0.4 is 4.72 Å². The number of nitrogens with one attached hydrogen (secondary N) is 1. The molecule has 0 amide bonds. The van der Waals surface area contributed by atoms with Crippen molar-refractivity contribution >= 4 is 21.6 Å². The van der Waals surface area contributed by atoms with Gasteiger partial charge in [0.05, 0.1) is 5.75 Å². The monoisotopic (exact) mass is 267 g/mol. The molecule has 1 aliphatic carbocycles. The minimum Gasteiger partial charge on any atom is -0.215 e. The molecule has 1 atom stereocenters. The molecule has 0 heterocycles. The van der Waals surface area contributed by atoms with E-state index in [1.165, 1.54) is 0 Å². The van der Waals surface area contributed by atoms with Crippen molar-refractivity contribution in [2.24, 2.45) is 11.3 Å². The minimum absolute atomic E-state index is 0.0143. The van der Waals surface area contributed by atoms with Crippen LogP contribution in [-0.2, 0) is 10.0 Å². The van der Waals surface area contributed by atoms with Crippen molar-refractivity contribution < 1.29 is 8.42 Å². The summed E-state index contributed by atoms with van der Waals surface area (Å²) in [5, 5.41) is 0. The van der Waals surface area contributed by atoms with E-state index in [1.807, 2.05) is 6.92 Å². The van der Waals surface area contributed by atoms with Crippen LogP contribution in [0.25, 0.3) is 0 Å². The van der Waals surface area contributed by atoms with Gasteiger partial charge in [0.2, 0.25) is 10.0 Å². The van der Waals surface area contributed by atoms with E-state index in [-0.39, 0.29) is 17.1 Å². The number of rotatable bonds is 8. The summed E-state index contributed by atoms with van der Waals surface area (Å²) in [7, 11) is -3.14. The van der Waals surface area contributed by atoms with Gasteiger partial charge in [0.15, 0.2) is 0 Å². The Morgan fingerprint density at radius 2 is 2.06 bits per heavy atom. The highest BCUT2D eigenvalue weighted by molar-refractivity contribution is 7.89. The quantitative estimate of drug-likeness (QED) is 0.687. The zero-order valence-corrected chi connectivity index (χ0v) is 11.7. The van der Waals surface area contributed by atoms with Gasteiger partial charge < -0.3 is 0 Å². The Bertz CT molecular complexity index is 312. The predicted molar refractivity (Wildman–Crippen MR) is 68.2 cm³/mol. The first kappa shape index (κ1) is 14.3. The Labute approximate surface area is 104 Å². The van der Waals surface area contributed by atoms with E-state index in [9.17, 15) is 8.42 Å². The smallest absolute Gasteiger partial charge is 0.211 e. The van der Waals surface area contributed by atoms with Crippen LogP contribution in [-0.4, -0.2) is 26.6 Å². The molecule has 0 spiro atoms. The van der Waals surface area contributed by atoms with E-state index in [1.54, 1.807) is 0 Å². The van der Waals surface area contributed by atoms with Crippen molar-refractivity contribution in [1.82, 2.24) is 4.72 Å². The van der Waals surface area contributed by atoms with Crippen LogP contribution in [0.3, 0.4) is 0 Å². The van der Waals surface area contributed by atoms with Crippen molar-refractivity contribution in [2.75, 3.05) is 18.2 Å². The Balaban J connectivity index is 2.36. The molecule has 0 radical (unpaired) electrons. The maximum Gasteiger partial charge on any atom is 0.211 e. The number of alkyl halides is 1. The van der Waals surface area contributed by atoms with Crippen LogP contribution in [0.2, 0.25) is 0 Å². The van der Waals surface area contributed by atoms with E-state index >= 15 is 0 Å². The molecule has 1 rings (SSSR count). The third-order valence-electron chi connectivity index (χ3n) is 3.17. The Morgan fingerprint density at radius 3 is 2.50 bits per heavy atom. The number of halogens is 1. The van der Waals surface area contributed by atoms with Crippen LogP contribution in [0.5, 0.6) is 0 Å². The van der Waals surface area contributed by atoms with Gasteiger partial charge in [0.25, 0.3) is 0 Å². The highest BCUT2D eigenvalue weighted by atomic mass is 35.5. The summed E-state index contributed by atoms with van der Waals surface area (Å²) in [6.07, 6.45) is 4.57. The van der Waals surface area contributed by atoms with Crippen LogP contribution in [0, 0.1) is 11.3 Å². The molecule has 0 bridgehead atoms. The fraction of sp³-hybridized carbons (Fsp3) is 1.00. The van der Waals surface area contributed by atoms with Crippen LogP contribution in [0.4, 0.5) is 0 Å². The minimum atomic E-state index is -3.14. The summed E-state index contributed by atoms with van der Waals surface area (Å²) in [4.78, 5) is 0. The van der Waals surface area contributed by atoms with Gasteiger partial charge in [-0.1, -0.05) is 20.3 Å². The molecule has 16 heavy (non-hydrogen) atoms. The topological polar surface area (TPSA) is 46.2 Å². The average Bonchev–Trinajstić information content (AvgIpc) is 2.96. The summed E-state index contributed by atoms with van der Waals surface area (Å²) in [5.74, 6) is 0.542. The second-order valence-electron chi connectivity index (χ2n) is 5.11. The lowest BCUT2D eigenvalue weighted by Crippen LogP contribution is -2.34. The van der Waals surface area contributed by atoms with Gasteiger partial charge in [-0.3, -0.25) is 0 Å². The van der Waals surface area contributed by atoms with Crippen molar-refractivity contribution in [3.05, 3.63) is 0 Å². The van der Waals surface area contributed by atoms with Gasteiger partial charge in [-0.25, -0.2) is 13.1 Å². The zero-order valence-electron chi connectivity index (χ0n) is 10.1. The average molecular weight is 268 g/mol. The SMILES string of the molecule is CCCC1(CNS(=O)(=O)CC(C)CCl)CC1. The van der Waals surface area contributed by atoms with Gasteiger partial charge in [-0.15, -0.1) is 11.6 Å². The molecule has 1 aliphatic rings. The highest BCUT2D eigenvalue weighted by Crippen LogP contribution is 2.49. The molecule has 1 saturated carbocycles. The Kier molecular flexibility index (Phi) is 5.08. The molecule has 0 aliphatic heterocycles. The summed E-state index contributed by atoms with van der Waals surface area (Å²) in [6.45, 7) is 4.60. The first-order valence-electron chi connectivity index (χ1n) is 5.96. The third kappa shape index (κ3) is 4.60. The van der Waals surface area contributed by atoms with Crippen LogP contribution in [0.1, 0.15) is 39.5 Å². The first-order valence-corrected chi connectivity index (χ1v) is 8.15. The van der Waals surface area contributed by atoms with Crippen LogP contribution >= 0.6 is 11.6 Å². The van der Waals surface area contributed by atoms with E-state index < -0.39 is 10.0 Å². The lowest BCUT2D eigenvalue weighted by Gasteiger charge is -2.16. The van der Waals surface area contributed by atoms with Gasteiger partial charge >= 0.3 is 0 Å². The molecule has 0 aromatic carbocycles. The highest BCUT2D eigenvalue weighted by Gasteiger charge is 2.41. The normalized spacial score (nSPS) is 20.7. The second-order valence-corrected chi connectivity index (χ2v) is 7.27. The van der Waals surface area contributed by atoms with E-state index in [2.05, 4.69) is 11.6 Å². The molecule has 96 valence electrons. The number of sulfonamides is 1. The maximum absolute atomic E-state index is 11.7. The second kappa shape index (κ2) is 5.69. The summed E-state index contributed by atoms with van der Waals surface area (Å²) in [6, 6.07) is 0. The largest absolute Gasteiger partial charge is 0.215 e. The molecular formula is C11H22ClNO2S. The summed E-state index contributed by atoms with van der Waals surface area (Å²) < 4.78 is 26.1. The van der Waals surface area contributed by atoms with Crippen LogP contribution in [0.15, 0.2) is 0 Å². The third-order valence-corrected chi connectivity index (χ3v) is 5.29. The molecular weight excluding hydrogens is 246 g/mol. The van der Waals surface area contributed by atoms with Crippen molar-refractivity contribution in [3.8, 4) is 0 Å². The van der Waals surface area contributed by atoms with E-state index in [0.717, 1.165) is 25.7 Å². The molecule has 0 saturated heterocycles. The fourth-order valence-electron chi connectivity index (χ4n) is 1.96. The Morgan fingerprint density at radius 1 is 1.44 bits per heavy atom. The number of hydrogen-bond donors (Lipinski definition) is 1. The molecule has 1 N–H and O–H groups in total.